The molecule has 1 N–H and O–H groups in total. The normalized spacial score (nSPS) is 13.6. The van der Waals surface area contributed by atoms with Gasteiger partial charge in [0.2, 0.25) is 11.8 Å². The first-order valence-corrected chi connectivity index (χ1v) is 14.1. The van der Waals surface area contributed by atoms with Crippen LogP contribution < -0.4 is 13.9 Å². The molecule has 0 saturated carbocycles. The fourth-order valence-electron chi connectivity index (χ4n) is 4.65. The zero-order chi connectivity index (χ0) is 28.2. The lowest BCUT2D eigenvalue weighted by molar-refractivity contribution is -0.123. The van der Waals surface area contributed by atoms with Crippen molar-refractivity contribution in [3.8, 4) is 0 Å². The summed E-state index contributed by atoms with van der Waals surface area (Å²) < 4.78 is 56.6. The Labute approximate surface area is 226 Å². The van der Waals surface area contributed by atoms with E-state index >= 15 is 0 Å². The molecule has 0 spiro atoms. The Kier molecular flexibility index (Phi) is 8.59. The number of nitrogens with zero attached hydrogens (tertiary/aromatic N) is 3. The summed E-state index contributed by atoms with van der Waals surface area (Å²) in [5.41, 5.74) is 2.74. The number of amides is 2. The van der Waals surface area contributed by atoms with Crippen LogP contribution in [0.5, 0.6) is 0 Å². The monoisotopic (exact) mass is 556 g/mol. The van der Waals surface area contributed by atoms with E-state index < -0.39 is 33.7 Å². The van der Waals surface area contributed by atoms with Crippen LogP contribution in [0.15, 0.2) is 60.8 Å². The third kappa shape index (κ3) is 6.78. The van der Waals surface area contributed by atoms with Crippen LogP contribution in [-0.4, -0.2) is 38.8 Å². The molecule has 0 unspecified atom stereocenters. The minimum absolute atomic E-state index is 0.0334. The highest BCUT2D eigenvalue weighted by Gasteiger charge is 2.32. The topological polar surface area (TPSA) is 99.7 Å². The molecule has 0 radical (unpaired) electrons. The summed E-state index contributed by atoms with van der Waals surface area (Å²) >= 11 is 0. The Morgan fingerprint density at radius 3 is 2.44 bits per heavy atom. The van der Waals surface area contributed by atoms with Crippen LogP contribution in [0.3, 0.4) is 0 Å². The summed E-state index contributed by atoms with van der Waals surface area (Å²) in [5.74, 6) is -3.28. The highest BCUT2D eigenvalue weighted by molar-refractivity contribution is 7.91. The molecule has 1 aliphatic rings. The molecule has 0 bridgehead atoms. The van der Waals surface area contributed by atoms with Crippen molar-refractivity contribution >= 4 is 33.5 Å². The average Bonchev–Trinajstić information content (AvgIpc) is 3.35. The van der Waals surface area contributed by atoms with E-state index in [1.807, 2.05) is 19.1 Å². The van der Waals surface area contributed by atoms with Gasteiger partial charge < -0.3 is 4.90 Å². The van der Waals surface area contributed by atoms with Crippen LogP contribution in [-0.2, 0) is 39.1 Å². The van der Waals surface area contributed by atoms with Gasteiger partial charge in [-0.15, -0.1) is 0 Å². The van der Waals surface area contributed by atoms with E-state index in [4.69, 9.17) is 0 Å². The Balaban J connectivity index is 1.48. The molecule has 1 atom stereocenters. The second-order valence-corrected chi connectivity index (χ2v) is 11.1. The van der Waals surface area contributed by atoms with Crippen molar-refractivity contribution in [1.29, 1.82) is 0 Å². The highest BCUT2D eigenvalue weighted by atomic mass is 32.2. The first-order chi connectivity index (χ1) is 18.6. The molecule has 11 heteroatoms. The maximum Gasteiger partial charge on any atom is 0.327 e. The fraction of sp³-hybridized carbons (Fsp3) is 0.321. The van der Waals surface area contributed by atoms with Crippen molar-refractivity contribution < 1.29 is 26.8 Å². The SMILES string of the molecule is CCc1ccc(N(C)C(=O)[C@@H](CCC(=O)NS(=O)(=O)N2CCc3cccnc32)Cc2cc(F)cc(F)c2)cc1. The lowest BCUT2D eigenvalue weighted by Crippen LogP contribution is -2.43. The van der Waals surface area contributed by atoms with Crippen LogP contribution in [0.4, 0.5) is 20.3 Å². The van der Waals surface area contributed by atoms with Gasteiger partial charge >= 0.3 is 10.2 Å². The van der Waals surface area contributed by atoms with Gasteiger partial charge in [0.05, 0.1) is 0 Å². The van der Waals surface area contributed by atoms with E-state index in [9.17, 15) is 26.8 Å². The van der Waals surface area contributed by atoms with Crippen molar-refractivity contribution in [1.82, 2.24) is 9.71 Å². The molecule has 1 aromatic heterocycles. The zero-order valence-electron chi connectivity index (χ0n) is 21.7. The lowest BCUT2D eigenvalue weighted by atomic mass is 9.93. The molecular formula is C28H30F2N4O4S. The molecule has 4 rings (SSSR count). The third-order valence-electron chi connectivity index (χ3n) is 6.76. The van der Waals surface area contributed by atoms with Crippen molar-refractivity contribution in [2.45, 2.75) is 39.0 Å². The quantitative estimate of drug-likeness (QED) is 0.408. The molecule has 39 heavy (non-hydrogen) atoms. The summed E-state index contributed by atoms with van der Waals surface area (Å²) in [6.07, 6.45) is 2.43. The van der Waals surface area contributed by atoms with Gasteiger partial charge in [0, 0.05) is 43.9 Å². The van der Waals surface area contributed by atoms with E-state index in [1.165, 1.54) is 11.1 Å². The van der Waals surface area contributed by atoms with Crippen LogP contribution in [0, 0.1) is 17.6 Å². The van der Waals surface area contributed by atoms with Gasteiger partial charge in [-0.25, -0.2) is 22.8 Å². The molecule has 206 valence electrons. The standard InChI is InChI=1S/C28H30F2N4O4S/c1-3-19-6-9-25(10-7-19)33(2)28(36)22(15-20-16-23(29)18-24(30)17-20)8-11-26(35)32-39(37,38)34-14-12-21-5-4-13-31-27(21)34/h4-7,9-10,13,16-18,22H,3,8,11-12,14-15H2,1-2H3,(H,32,35)/t22-/m0/s1. The van der Waals surface area contributed by atoms with E-state index in [-0.39, 0.29) is 43.1 Å². The number of benzene rings is 2. The number of pyridine rings is 1. The van der Waals surface area contributed by atoms with Crippen LogP contribution in [0.25, 0.3) is 0 Å². The molecule has 8 nitrogen and oxygen atoms in total. The van der Waals surface area contributed by atoms with Gasteiger partial charge in [0.1, 0.15) is 17.5 Å². The van der Waals surface area contributed by atoms with Gasteiger partial charge in [0.15, 0.2) is 0 Å². The number of nitrogens with one attached hydrogen (secondary N) is 1. The lowest BCUT2D eigenvalue weighted by Gasteiger charge is -2.25. The van der Waals surface area contributed by atoms with Gasteiger partial charge in [-0.1, -0.05) is 25.1 Å². The molecule has 0 aliphatic carbocycles. The number of carbonyl (C=O) groups excluding carboxylic acids is 2. The highest BCUT2D eigenvalue weighted by Crippen LogP contribution is 2.27. The Morgan fingerprint density at radius 2 is 1.77 bits per heavy atom. The van der Waals surface area contributed by atoms with Gasteiger partial charge in [-0.2, -0.15) is 8.42 Å². The number of hydrogen-bond donors (Lipinski definition) is 1. The minimum atomic E-state index is -4.20. The number of anilines is 2. The third-order valence-corrected chi connectivity index (χ3v) is 8.18. The smallest absolute Gasteiger partial charge is 0.315 e. The van der Waals surface area contributed by atoms with Crippen LogP contribution in [0.2, 0.25) is 0 Å². The maximum absolute atomic E-state index is 13.9. The van der Waals surface area contributed by atoms with Crippen molar-refractivity contribution in [3.63, 3.8) is 0 Å². The molecule has 1 aliphatic heterocycles. The number of carbonyl (C=O) groups is 2. The number of aryl methyl sites for hydroxylation is 1. The number of hydrogen-bond acceptors (Lipinski definition) is 5. The fourth-order valence-corrected chi connectivity index (χ4v) is 5.87. The van der Waals surface area contributed by atoms with E-state index in [0.29, 0.717) is 12.1 Å². The van der Waals surface area contributed by atoms with Gasteiger partial charge in [-0.05, 0) is 72.7 Å². The summed E-state index contributed by atoms with van der Waals surface area (Å²) in [4.78, 5) is 31.8. The minimum Gasteiger partial charge on any atom is -0.315 e. The Hall–Kier alpha value is -3.86. The number of halogens is 2. The van der Waals surface area contributed by atoms with Crippen molar-refractivity contribution in [2.75, 3.05) is 22.8 Å². The summed E-state index contributed by atoms with van der Waals surface area (Å²) in [7, 11) is -2.61. The molecular weight excluding hydrogens is 526 g/mol. The molecule has 0 fully saturated rings. The largest absolute Gasteiger partial charge is 0.327 e. The zero-order valence-corrected chi connectivity index (χ0v) is 22.5. The molecule has 2 heterocycles. The number of aromatic nitrogens is 1. The Morgan fingerprint density at radius 1 is 1.08 bits per heavy atom. The van der Waals surface area contributed by atoms with Gasteiger partial charge in [-0.3, -0.25) is 9.59 Å². The van der Waals surface area contributed by atoms with E-state index in [1.54, 1.807) is 31.3 Å². The Bertz CT molecular complexity index is 1440. The first-order valence-electron chi connectivity index (χ1n) is 12.7. The van der Waals surface area contributed by atoms with Gasteiger partial charge in [0.25, 0.3) is 0 Å². The van der Waals surface area contributed by atoms with Crippen LogP contribution in [0.1, 0.15) is 36.5 Å². The number of rotatable bonds is 10. The summed E-state index contributed by atoms with van der Waals surface area (Å²) in [5, 5.41) is 0. The second kappa shape index (κ2) is 11.9. The van der Waals surface area contributed by atoms with Crippen molar-refractivity contribution in [3.05, 3.63) is 89.1 Å². The molecule has 2 amide bonds. The van der Waals surface area contributed by atoms with Crippen molar-refractivity contribution in [2.24, 2.45) is 5.92 Å². The average molecular weight is 557 g/mol. The van der Waals surface area contributed by atoms with E-state index in [2.05, 4.69) is 9.71 Å². The summed E-state index contributed by atoms with van der Waals surface area (Å²) in [6, 6.07) is 13.9. The summed E-state index contributed by atoms with van der Waals surface area (Å²) in [6.45, 7) is 2.17. The van der Waals surface area contributed by atoms with E-state index in [0.717, 1.165) is 40.1 Å². The molecule has 3 aromatic rings. The molecule has 2 aromatic carbocycles. The molecule has 0 saturated heterocycles. The predicted octanol–water partition coefficient (Wildman–Crippen LogP) is 3.95. The predicted molar refractivity (Wildman–Crippen MR) is 144 cm³/mol. The first kappa shape index (κ1) is 28.2. The number of fused-ring (bicyclic) bond motifs is 1. The maximum atomic E-state index is 13.9. The van der Waals surface area contributed by atoms with Crippen LogP contribution >= 0.6 is 0 Å². The second-order valence-electron chi connectivity index (χ2n) is 9.47.